The predicted octanol–water partition coefficient (Wildman–Crippen LogP) is 3.45. The second-order valence-corrected chi connectivity index (χ2v) is 5.44. The molecule has 0 amide bonds. The molecule has 2 nitrogen and oxygen atoms in total. The minimum absolute atomic E-state index is 0.931. The van der Waals surface area contributed by atoms with Crippen LogP contribution in [-0.4, -0.2) is 6.54 Å². The molecule has 1 aliphatic rings. The van der Waals surface area contributed by atoms with Gasteiger partial charge in [-0.3, -0.25) is 0 Å². The molecule has 2 aromatic rings. The lowest BCUT2D eigenvalue weighted by atomic mass is 10.1. The number of anilines is 2. The quantitative estimate of drug-likeness (QED) is 0.829. The predicted molar refractivity (Wildman–Crippen MR) is 81.5 cm³/mol. The Bertz CT molecular complexity index is 617. The lowest BCUT2D eigenvalue weighted by Crippen LogP contribution is -2.19. The Morgan fingerprint density at radius 2 is 1.95 bits per heavy atom. The first-order chi connectivity index (χ1) is 9.15. The van der Waals surface area contributed by atoms with Gasteiger partial charge in [-0.15, -0.1) is 0 Å². The summed E-state index contributed by atoms with van der Waals surface area (Å²) in [7, 11) is 0. The maximum Gasteiger partial charge on any atom is 0.0429 e. The van der Waals surface area contributed by atoms with E-state index in [9.17, 15) is 0 Å². The summed E-state index contributed by atoms with van der Waals surface area (Å²) in [6.45, 7) is 6.37. The van der Waals surface area contributed by atoms with Crippen molar-refractivity contribution < 1.29 is 0 Å². The molecule has 1 heterocycles. The van der Waals surface area contributed by atoms with E-state index in [1.165, 1.54) is 27.9 Å². The van der Waals surface area contributed by atoms with Crippen LogP contribution in [0, 0.1) is 13.8 Å². The Morgan fingerprint density at radius 3 is 2.74 bits per heavy atom. The molecule has 2 aromatic carbocycles. The summed E-state index contributed by atoms with van der Waals surface area (Å²) in [5.74, 6) is 0. The van der Waals surface area contributed by atoms with E-state index in [0.717, 1.165) is 25.2 Å². The molecule has 0 fully saturated rings. The monoisotopic (exact) mass is 252 g/mol. The minimum atomic E-state index is 0.931. The lowest BCUT2D eigenvalue weighted by molar-refractivity contribution is 0.835. The van der Waals surface area contributed by atoms with Crippen LogP contribution in [0.15, 0.2) is 36.4 Å². The molecule has 0 spiro atoms. The number of hydrogen-bond donors (Lipinski definition) is 1. The first-order valence-electron chi connectivity index (χ1n) is 6.83. The fraction of sp³-hybridized carbons (Fsp3) is 0.294. The van der Waals surface area contributed by atoms with Crippen LogP contribution in [0.4, 0.5) is 11.4 Å². The summed E-state index contributed by atoms with van der Waals surface area (Å²) in [5.41, 5.74) is 13.7. The van der Waals surface area contributed by atoms with Gasteiger partial charge in [0, 0.05) is 30.0 Å². The van der Waals surface area contributed by atoms with E-state index in [4.69, 9.17) is 5.73 Å². The highest BCUT2D eigenvalue weighted by molar-refractivity contribution is 5.68. The third-order valence-electron chi connectivity index (χ3n) is 4.10. The molecule has 0 saturated carbocycles. The van der Waals surface area contributed by atoms with Crippen LogP contribution >= 0.6 is 0 Å². The summed E-state index contributed by atoms with van der Waals surface area (Å²) >= 11 is 0. The van der Waals surface area contributed by atoms with Crippen molar-refractivity contribution in [3.05, 3.63) is 58.7 Å². The molecule has 1 aliphatic heterocycles. The molecular formula is C17H20N2. The number of fused-ring (bicyclic) bond motifs is 1. The summed E-state index contributed by atoms with van der Waals surface area (Å²) in [5, 5.41) is 0. The van der Waals surface area contributed by atoms with Gasteiger partial charge in [0.2, 0.25) is 0 Å². The molecule has 0 atom stereocenters. The van der Waals surface area contributed by atoms with E-state index in [2.05, 4.69) is 43.0 Å². The summed E-state index contributed by atoms with van der Waals surface area (Å²) < 4.78 is 0. The highest BCUT2D eigenvalue weighted by Gasteiger charge is 2.20. The zero-order valence-corrected chi connectivity index (χ0v) is 11.6. The zero-order chi connectivity index (χ0) is 13.4. The molecule has 19 heavy (non-hydrogen) atoms. The molecule has 3 rings (SSSR count). The van der Waals surface area contributed by atoms with Gasteiger partial charge in [-0.2, -0.15) is 0 Å². The SMILES string of the molecule is Cc1ccc(CN2CCc3c(N)cccc32)cc1C. The largest absolute Gasteiger partial charge is 0.398 e. The summed E-state index contributed by atoms with van der Waals surface area (Å²) in [4.78, 5) is 2.43. The maximum atomic E-state index is 6.04. The van der Waals surface area contributed by atoms with Crippen molar-refractivity contribution in [3.8, 4) is 0 Å². The van der Waals surface area contributed by atoms with Gasteiger partial charge in [-0.1, -0.05) is 24.3 Å². The number of hydrogen-bond acceptors (Lipinski definition) is 2. The van der Waals surface area contributed by atoms with E-state index < -0.39 is 0 Å². The van der Waals surface area contributed by atoms with Gasteiger partial charge in [0.1, 0.15) is 0 Å². The van der Waals surface area contributed by atoms with Crippen molar-refractivity contribution in [1.82, 2.24) is 0 Å². The topological polar surface area (TPSA) is 29.3 Å². The molecule has 0 unspecified atom stereocenters. The van der Waals surface area contributed by atoms with E-state index in [-0.39, 0.29) is 0 Å². The van der Waals surface area contributed by atoms with Gasteiger partial charge in [0.05, 0.1) is 0 Å². The molecule has 0 bridgehead atoms. The standard InChI is InChI=1S/C17H20N2/c1-12-6-7-14(10-13(12)2)11-19-9-8-15-16(18)4-3-5-17(15)19/h3-7,10H,8-9,11,18H2,1-2H3. The van der Waals surface area contributed by atoms with Crippen LogP contribution in [0.25, 0.3) is 0 Å². The molecule has 2 N–H and O–H groups in total. The van der Waals surface area contributed by atoms with E-state index in [1.807, 2.05) is 12.1 Å². The van der Waals surface area contributed by atoms with E-state index >= 15 is 0 Å². The molecule has 0 saturated heterocycles. The molecular weight excluding hydrogens is 232 g/mol. The second-order valence-electron chi connectivity index (χ2n) is 5.44. The van der Waals surface area contributed by atoms with Crippen LogP contribution in [0.5, 0.6) is 0 Å². The Kier molecular flexibility index (Phi) is 2.94. The average Bonchev–Trinajstić information content (AvgIpc) is 2.79. The summed E-state index contributed by atoms with van der Waals surface area (Å²) in [6, 6.07) is 13.0. The van der Waals surface area contributed by atoms with Gasteiger partial charge in [-0.25, -0.2) is 0 Å². The van der Waals surface area contributed by atoms with Gasteiger partial charge < -0.3 is 10.6 Å². The number of nitrogens with zero attached hydrogens (tertiary/aromatic N) is 1. The molecule has 0 aliphatic carbocycles. The molecule has 0 radical (unpaired) electrons. The highest BCUT2D eigenvalue weighted by atomic mass is 15.1. The fourth-order valence-corrected chi connectivity index (χ4v) is 2.81. The van der Waals surface area contributed by atoms with Crippen LogP contribution in [-0.2, 0) is 13.0 Å². The van der Waals surface area contributed by atoms with E-state index in [0.29, 0.717) is 0 Å². The third kappa shape index (κ3) is 2.19. The zero-order valence-electron chi connectivity index (χ0n) is 11.6. The minimum Gasteiger partial charge on any atom is -0.398 e. The first kappa shape index (κ1) is 12.1. The molecule has 0 aromatic heterocycles. The lowest BCUT2D eigenvalue weighted by Gasteiger charge is -2.20. The number of benzene rings is 2. The third-order valence-corrected chi connectivity index (χ3v) is 4.10. The van der Waals surface area contributed by atoms with Crippen molar-refractivity contribution in [2.75, 3.05) is 17.2 Å². The number of aryl methyl sites for hydroxylation is 2. The van der Waals surface area contributed by atoms with Crippen molar-refractivity contribution in [3.63, 3.8) is 0 Å². The van der Waals surface area contributed by atoms with Crippen LogP contribution < -0.4 is 10.6 Å². The van der Waals surface area contributed by atoms with E-state index in [1.54, 1.807) is 0 Å². The normalized spacial score (nSPS) is 13.7. The molecule has 2 heteroatoms. The van der Waals surface area contributed by atoms with Crippen molar-refractivity contribution >= 4 is 11.4 Å². The number of nitrogen functional groups attached to an aromatic ring is 1. The Hall–Kier alpha value is -1.96. The van der Waals surface area contributed by atoms with Crippen LogP contribution in [0.3, 0.4) is 0 Å². The van der Waals surface area contributed by atoms with Crippen molar-refractivity contribution in [2.24, 2.45) is 0 Å². The average molecular weight is 252 g/mol. The van der Waals surface area contributed by atoms with Crippen LogP contribution in [0.2, 0.25) is 0 Å². The highest BCUT2D eigenvalue weighted by Crippen LogP contribution is 2.33. The Labute approximate surface area is 114 Å². The van der Waals surface area contributed by atoms with Crippen molar-refractivity contribution in [2.45, 2.75) is 26.8 Å². The molecule has 98 valence electrons. The van der Waals surface area contributed by atoms with Gasteiger partial charge in [0.25, 0.3) is 0 Å². The number of nitrogens with two attached hydrogens (primary N) is 1. The Balaban J connectivity index is 1.86. The second kappa shape index (κ2) is 4.61. The maximum absolute atomic E-state index is 6.04. The Morgan fingerprint density at radius 1 is 1.11 bits per heavy atom. The fourth-order valence-electron chi connectivity index (χ4n) is 2.81. The van der Waals surface area contributed by atoms with Gasteiger partial charge >= 0.3 is 0 Å². The first-order valence-corrected chi connectivity index (χ1v) is 6.83. The van der Waals surface area contributed by atoms with Crippen molar-refractivity contribution in [1.29, 1.82) is 0 Å². The van der Waals surface area contributed by atoms with Crippen LogP contribution in [0.1, 0.15) is 22.3 Å². The van der Waals surface area contributed by atoms with Gasteiger partial charge in [0.15, 0.2) is 0 Å². The van der Waals surface area contributed by atoms with Gasteiger partial charge in [-0.05, 0) is 49.1 Å². The number of rotatable bonds is 2. The summed E-state index contributed by atoms with van der Waals surface area (Å²) in [6.07, 6.45) is 1.06. The smallest absolute Gasteiger partial charge is 0.0429 e.